The molecule has 0 bridgehead atoms. The van der Waals surface area contributed by atoms with Gasteiger partial charge < -0.3 is 5.73 Å². The first-order valence-corrected chi connectivity index (χ1v) is 6.67. The molecule has 2 aliphatic carbocycles. The summed E-state index contributed by atoms with van der Waals surface area (Å²) >= 11 is 3.49. The lowest BCUT2D eigenvalue weighted by Crippen LogP contribution is -2.24. The van der Waals surface area contributed by atoms with Gasteiger partial charge >= 0.3 is 0 Å². The molecule has 0 spiro atoms. The van der Waals surface area contributed by atoms with Gasteiger partial charge in [0.15, 0.2) is 0 Å². The summed E-state index contributed by atoms with van der Waals surface area (Å²) in [7, 11) is 0. The third-order valence-corrected chi connectivity index (χ3v) is 4.97. The van der Waals surface area contributed by atoms with Gasteiger partial charge in [0.25, 0.3) is 0 Å². The van der Waals surface area contributed by atoms with E-state index in [0.717, 1.165) is 10.0 Å². The van der Waals surface area contributed by atoms with Crippen LogP contribution in [0.25, 0.3) is 0 Å². The summed E-state index contributed by atoms with van der Waals surface area (Å²) < 4.78 is 14.3. The van der Waals surface area contributed by atoms with E-state index < -0.39 is 0 Å². The van der Waals surface area contributed by atoms with Crippen molar-refractivity contribution in [1.82, 2.24) is 0 Å². The van der Waals surface area contributed by atoms with E-state index in [2.05, 4.69) is 15.9 Å². The Balaban J connectivity index is 2.01. The molecule has 2 fully saturated rings. The molecule has 2 atom stereocenters. The van der Waals surface area contributed by atoms with Crippen molar-refractivity contribution in [2.45, 2.75) is 31.2 Å². The molecule has 1 aromatic carbocycles. The van der Waals surface area contributed by atoms with Gasteiger partial charge in [0.1, 0.15) is 5.82 Å². The lowest BCUT2D eigenvalue weighted by Gasteiger charge is -2.14. The largest absolute Gasteiger partial charge is 0.321 e. The second-order valence-corrected chi connectivity index (χ2v) is 5.91. The molecule has 16 heavy (non-hydrogen) atoms. The molecule has 0 aliphatic heterocycles. The van der Waals surface area contributed by atoms with Crippen LogP contribution in [0.5, 0.6) is 0 Å². The SMILES string of the molecule is NC1(c2cc(F)ccc2Br)C2CCCCC21. The Kier molecular flexibility index (Phi) is 2.37. The van der Waals surface area contributed by atoms with Crippen LogP contribution in [0.2, 0.25) is 0 Å². The van der Waals surface area contributed by atoms with E-state index in [9.17, 15) is 4.39 Å². The maximum Gasteiger partial charge on any atom is 0.123 e. The predicted molar refractivity (Wildman–Crippen MR) is 65.4 cm³/mol. The van der Waals surface area contributed by atoms with Gasteiger partial charge in [0.2, 0.25) is 0 Å². The Hall–Kier alpha value is -0.410. The van der Waals surface area contributed by atoms with E-state index in [0.29, 0.717) is 11.8 Å². The highest BCUT2D eigenvalue weighted by atomic mass is 79.9. The van der Waals surface area contributed by atoms with Crippen LogP contribution in [0, 0.1) is 17.7 Å². The maximum absolute atomic E-state index is 13.3. The topological polar surface area (TPSA) is 26.0 Å². The number of halogens is 2. The molecule has 3 rings (SSSR count). The second-order valence-electron chi connectivity index (χ2n) is 5.05. The van der Waals surface area contributed by atoms with E-state index in [1.807, 2.05) is 0 Å². The average Bonchev–Trinajstić information content (AvgIpc) is 2.90. The number of benzene rings is 1. The van der Waals surface area contributed by atoms with E-state index >= 15 is 0 Å². The Morgan fingerprint density at radius 1 is 1.25 bits per heavy atom. The summed E-state index contributed by atoms with van der Waals surface area (Å²) in [5, 5.41) is 0. The summed E-state index contributed by atoms with van der Waals surface area (Å²) in [6.45, 7) is 0. The van der Waals surface area contributed by atoms with Crippen LogP contribution in [-0.4, -0.2) is 0 Å². The van der Waals surface area contributed by atoms with E-state index in [-0.39, 0.29) is 11.4 Å². The van der Waals surface area contributed by atoms with Crippen molar-refractivity contribution >= 4 is 15.9 Å². The summed E-state index contributed by atoms with van der Waals surface area (Å²) in [6, 6.07) is 4.84. The fourth-order valence-electron chi connectivity index (χ4n) is 3.40. The molecular formula is C13H15BrFN. The van der Waals surface area contributed by atoms with Crippen LogP contribution in [-0.2, 0) is 5.54 Å². The average molecular weight is 284 g/mol. The number of nitrogens with two attached hydrogens (primary N) is 1. The zero-order valence-electron chi connectivity index (χ0n) is 9.05. The fourth-order valence-corrected chi connectivity index (χ4v) is 3.99. The monoisotopic (exact) mass is 283 g/mol. The molecule has 2 unspecified atom stereocenters. The minimum atomic E-state index is -0.266. The quantitative estimate of drug-likeness (QED) is 0.838. The standard InChI is InChI=1S/C13H15BrFN/c14-12-6-5-8(15)7-11(12)13(16)9-3-1-2-4-10(9)13/h5-7,9-10H,1-4,16H2. The summed E-state index contributed by atoms with van der Waals surface area (Å²) in [4.78, 5) is 0. The van der Waals surface area contributed by atoms with Crippen molar-refractivity contribution < 1.29 is 4.39 Å². The number of rotatable bonds is 1. The molecular weight excluding hydrogens is 269 g/mol. The van der Waals surface area contributed by atoms with E-state index in [1.165, 1.54) is 31.7 Å². The summed E-state index contributed by atoms with van der Waals surface area (Å²) in [5.41, 5.74) is 7.19. The third-order valence-electron chi connectivity index (χ3n) is 4.28. The molecule has 2 saturated carbocycles. The highest BCUT2D eigenvalue weighted by Gasteiger charge is 2.63. The number of fused-ring (bicyclic) bond motifs is 1. The molecule has 0 aromatic heterocycles. The fraction of sp³-hybridized carbons (Fsp3) is 0.538. The van der Waals surface area contributed by atoms with Gasteiger partial charge in [-0.2, -0.15) is 0 Å². The Morgan fingerprint density at radius 3 is 2.50 bits per heavy atom. The van der Waals surface area contributed by atoms with Crippen LogP contribution in [0.1, 0.15) is 31.2 Å². The predicted octanol–water partition coefficient (Wildman–Crippen LogP) is 3.56. The van der Waals surface area contributed by atoms with Crippen LogP contribution in [0.4, 0.5) is 4.39 Å². The lowest BCUT2D eigenvalue weighted by molar-refractivity contribution is 0.480. The van der Waals surface area contributed by atoms with Crippen molar-refractivity contribution in [1.29, 1.82) is 0 Å². The van der Waals surface area contributed by atoms with Crippen LogP contribution < -0.4 is 5.73 Å². The van der Waals surface area contributed by atoms with Crippen molar-refractivity contribution in [2.24, 2.45) is 17.6 Å². The van der Waals surface area contributed by atoms with Crippen LogP contribution in [0.3, 0.4) is 0 Å². The molecule has 0 saturated heterocycles. The minimum Gasteiger partial charge on any atom is -0.321 e. The van der Waals surface area contributed by atoms with Crippen molar-refractivity contribution in [3.63, 3.8) is 0 Å². The number of hydrogen-bond acceptors (Lipinski definition) is 1. The number of hydrogen-bond donors (Lipinski definition) is 1. The highest BCUT2D eigenvalue weighted by Crippen LogP contribution is 2.63. The second kappa shape index (κ2) is 3.54. The Labute approximate surface area is 103 Å². The van der Waals surface area contributed by atoms with Gasteiger partial charge in [0.05, 0.1) is 0 Å². The van der Waals surface area contributed by atoms with Crippen LogP contribution >= 0.6 is 15.9 Å². The summed E-state index contributed by atoms with van der Waals surface area (Å²) in [6.07, 6.45) is 4.94. The highest BCUT2D eigenvalue weighted by molar-refractivity contribution is 9.10. The third kappa shape index (κ3) is 1.37. The molecule has 2 aliphatic rings. The molecule has 86 valence electrons. The summed E-state index contributed by atoms with van der Waals surface area (Å²) in [5.74, 6) is 0.949. The molecule has 1 nitrogen and oxygen atoms in total. The lowest BCUT2D eigenvalue weighted by atomic mass is 10.0. The first-order chi connectivity index (χ1) is 7.64. The Morgan fingerprint density at radius 2 is 1.88 bits per heavy atom. The molecule has 0 amide bonds. The van der Waals surface area contributed by atoms with Gasteiger partial charge in [-0.15, -0.1) is 0 Å². The maximum atomic E-state index is 13.3. The first kappa shape index (κ1) is 10.7. The van der Waals surface area contributed by atoms with Gasteiger partial charge in [-0.1, -0.05) is 28.8 Å². The van der Waals surface area contributed by atoms with Crippen molar-refractivity contribution in [3.05, 3.63) is 34.1 Å². The molecule has 0 radical (unpaired) electrons. The first-order valence-electron chi connectivity index (χ1n) is 5.88. The van der Waals surface area contributed by atoms with Gasteiger partial charge in [-0.3, -0.25) is 0 Å². The van der Waals surface area contributed by atoms with Crippen LogP contribution in [0.15, 0.2) is 22.7 Å². The van der Waals surface area contributed by atoms with E-state index in [4.69, 9.17) is 5.73 Å². The van der Waals surface area contributed by atoms with Gasteiger partial charge in [-0.05, 0) is 48.4 Å². The van der Waals surface area contributed by atoms with Crippen molar-refractivity contribution in [2.75, 3.05) is 0 Å². The molecule has 2 N–H and O–H groups in total. The zero-order valence-corrected chi connectivity index (χ0v) is 10.6. The van der Waals surface area contributed by atoms with E-state index in [1.54, 1.807) is 12.1 Å². The molecule has 1 aromatic rings. The van der Waals surface area contributed by atoms with Gasteiger partial charge in [0, 0.05) is 10.0 Å². The minimum absolute atomic E-state index is 0.188. The van der Waals surface area contributed by atoms with Crippen molar-refractivity contribution in [3.8, 4) is 0 Å². The van der Waals surface area contributed by atoms with Gasteiger partial charge in [-0.25, -0.2) is 4.39 Å². The Bertz CT molecular complexity index is 420. The zero-order chi connectivity index (χ0) is 11.3. The normalized spacial score (nSPS) is 36.9. The smallest absolute Gasteiger partial charge is 0.123 e. The molecule has 3 heteroatoms. The molecule has 0 heterocycles.